The van der Waals surface area contributed by atoms with Gasteiger partial charge in [0.15, 0.2) is 5.17 Å². The van der Waals surface area contributed by atoms with E-state index in [0.29, 0.717) is 22.5 Å². The molecule has 0 spiro atoms. The van der Waals surface area contributed by atoms with Crippen LogP contribution in [0.2, 0.25) is 0 Å². The van der Waals surface area contributed by atoms with Gasteiger partial charge in [-0.3, -0.25) is 9.59 Å². The molecule has 0 unspecified atom stereocenters. The Morgan fingerprint density at radius 1 is 1.21 bits per heavy atom. The Balaban J connectivity index is 1.57. The van der Waals surface area contributed by atoms with Gasteiger partial charge in [0.2, 0.25) is 11.8 Å². The molecule has 152 valence electrons. The van der Waals surface area contributed by atoms with Crippen LogP contribution in [0.15, 0.2) is 53.5 Å². The number of hydrogen-bond donors (Lipinski definition) is 2. The van der Waals surface area contributed by atoms with Crippen molar-refractivity contribution >= 4 is 40.1 Å². The average molecular weight is 412 g/mol. The van der Waals surface area contributed by atoms with E-state index in [0.717, 1.165) is 12.1 Å². The summed E-state index contributed by atoms with van der Waals surface area (Å²) in [4.78, 5) is 29.0. The van der Waals surface area contributed by atoms with Gasteiger partial charge in [-0.15, -0.1) is 0 Å². The van der Waals surface area contributed by atoms with Crippen LogP contribution in [0.25, 0.3) is 0 Å². The third-order valence-electron chi connectivity index (χ3n) is 4.83. The molecule has 1 saturated heterocycles. The van der Waals surface area contributed by atoms with Crippen molar-refractivity contribution < 1.29 is 14.3 Å². The summed E-state index contributed by atoms with van der Waals surface area (Å²) >= 11 is 1.28. The van der Waals surface area contributed by atoms with Crippen molar-refractivity contribution in [2.45, 2.75) is 37.9 Å². The molecule has 0 aromatic heterocycles. The minimum Gasteiger partial charge on any atom is -0.497 e. The van der Waals surface area contributed by atoms with Crippen LogP contribution in [-0.2, 0) is 9.59 Å². The number of nitrogens with zero attached hydrogens (tertiary/aromatic N) is 1. The number of anilines is 1. The fraction of sp³-hybridized carbons (Fsp3) is 0.318. The van der Waals surface area contributed by atoms with Gasteiger partial charge in [-0.2, -0.15) is 0 Å². The number of benzene rings is 2. The minimum atomic E-state index is -0.494. The quantitative estimate of drug-likeness (QED) is 0.705. The van der Waals surface area contributed by atoms with Crippen LogP contribution in [0, 0.1) is 0 Å². The first-order valence-corrected chi connectivity index (χ1v) is 10.5. The first kappa shape index (κ1) is 20.9. The Labute approximate surface area is 175 Å². The SMILES string of the molecule is CC[C@H](C)c1ccc(N=C2NC(=O)[C@H](CC(=O)Nc3ccc(OC)cc3)S2)cc1. The zero-order chi connectivity index (χ0) is 20.8. The lowest BCUT2D eigenvalue weighted by Crippen LogP contribution is -2.28. The zero-order valence-electron chi connectivity index (χ0n) is 16.8. The number of carbonyl (C=O) groups is 2. The fourth-order valence-electron chi connectivity index (χ4n) is 2.88. The molecule has 1 aliphatic rings. The van der Waals surface area contributed by atoms with Gasteiger partial charge in [-0.1, -0.05) is 37.7 Å². The highest BCUT2D eigenvalue weighted by molar-refractivity contribution is 8.15. The van der Waals surface area contributed by atoms with E-state index in [1.54, 1.807) is 31.4 Å². The number of carbonyl (C=O) groups excluding carboxylic acids is 2. The third kappa shape index (κ3) is 5.60. The van der Waals surface area contributed by atoms with E-state index in [1.807, 2.05) is 12.1 Å². The predicted octanol–water partition coefficient (Wildman–Crippen LogP) is 4.46. The lowest BCUT2D eigenvalue weighted by molar-refractivity contribution is -0.122. The molecule has 0 aliphatic carbocycles. The molecular weight excluding hydrogens is 386 g/mol. The van der Waals surface area contributed by atoms with Gasteiger partial charge in [0, 0.05) is 12.1 Å². The number of thioether (sulfide) groups is 1. The number of methoxy groups -OCH3 is 1. The van der Waals surface area contributed by atoms with Crippen LogP contribution < -0.4 is 15.4 Å². The fourth-order valence-corrected chi connectivity index (χ4v) is 3.87. The van der Waals surface area contributed by atoms with Crippen molar-refractivity contribution in [2.75, 3.05) is 12.4 Å². The molecule has 2 atom stereocenters. The van der Waals surface area contributed by atoms with Gasteiger partial charge in [-0.25, -0.2) is 4.99 Å². The molecule has 7 heteroatoms. The van der Waals surface area contributed by atoms with Gasteiger partial charge in [0.05, 0.1) is 12.8 Å². The van der Waals surface area contributed by atoms with Gasteiger partial charge in [-0.05, 0) is 54.3 Å². The van der Waals surface area contributed by atoms with Crippen molar-refractivity contribution in [2.24, 2.45) is 4.99 Å². The van der Waals surface area contributed by atoms with Crippen LogP contribution in [0.1, 0.15) is 38.2 Å². The summed E-state index contributed by atoms with van der Waals surface area (Å²) in [6.45, 7) is 4.35. The van der Waals surface area contributed by atoms with E-state index in [9.17, 15) is 9.59 Å². The van der Waals surface area contributed by atoms with Crippen LogP contribution >= 0.6 is 11.8 Å². The lowest BCUT2D eigenvalue weighted by atomic mass is 9.99. The van der Waals surface area contributed by atoms with Gasteiger partial charge in [0.1, 0.15) is 11.0 Å². The van der Waals surface area contributed by atoms with Crippen molar-refractivity contribution in [3.8, 4) is 5.75 Å². The number of amides is 2. The Hall–Kier alpha value is -2.80. The largest absolute Gasteiger partial charge is 0.497 e. The normalized spacial score (nSPS) is 18.4. The van der Waals surface area contributed by atoms with Crippen molar-refractivity contribution in [1.82, 2.24) is 5.32 Å². The second-order valence-corrected chi connectivity index (χ2v) is 8.09. The number of amidine groups is 1. The molecule has 6 nitrogen and oxygen atoms in total. The van der Waals surface area contributed by atoms with Crippen LogP contribution in [0.3, 0.4) is 0 Å². The van der Waals surface area contributed by atoms with Gasteiger partial charge >= 0.3 is 0 Å². The zero-order valence-corrected chi connectivity index (χ0v) is 17.6. The maximum absolute atomic E-state index is 12.3. The first-order valence-electron chi connectivity index (χ1n) is 9.58. The second kappa shape index (κ2) is 9.60. The van der Waals surface area contributed by atoms with E-state index in [1.165, 1.54) is 17.3 Å². The molecule has 1 heterocycles. The number of ether oxygens (including phenoxy) is 1. The Bertz CT molecular complexity index is 895. The molecule has 2 amide bonds. The minimum absolute atomic E-state index is 0.0779. The topological polar surface area (TPSA) is 79.8 Å². The summed E-state index contributed by atoms with van der Waals surface area (Å²) in [6.07, 6.45) is 1.16. The molecule has 3 rings (SSSR count). The lowest BCUT2D eigenvalue weighted by Gasteiger charge is -2.08. The maximum Gasteiger partial charge on any atom is 0.240 e. The highest BCUT2D eigenvalue weighted by Gasteiger charge is 2.32. The Morgan fingerprint density at radius 2 is 1.90 bits per heavy atom. The molecule has 2 aromatic rings. The first-order chi connectivity index (χ1) is 14.0. The Kier molecular flexibility index (Phi) is 6.93. The van der Waals surface area contributed by atoms with Gasteiger partial charge < -0.3 is 15.4 Å². The average Bonchev–Trinajstić information content (AvgIpc) is 3.07. The van der Waals surface area contributed by atoms with E-state index in [2.05, 4.69) is 41.6 Å². The summed E-state index contributed by atoms with van der Waals surface area (Å²) in [5.41, 5.74) is 2.71. The molecule has 0 radical (unpaired) electrons. The number of hydrogen-bond acceptors (Lipinski definition) is 5. The molecule has 0 saturated carbocycles. The molecule has 1 aliphatic heterocycles. The maximum atomic E-state index is 12.3. The molecule has 2 N–H and O–H groups in total. The molecule has 29 heavy (non-hydrogen) atoms. The van der Waals surface area contributed by atoms with Gasteiger partial charge in [0.25, 0.3) is 0 Å². The van der Waals surface area contributed by atoms with E-state index < -0.39 is 5.25 Å². The molecular formula is C22H25N3O3S. The molecule has 2 aromatic carbocycles. The summed E-state index contributed by atoms with van der Waals surface area (Å²) in [5.74, 6) is 0.800. The van der Waals surface area contributed by atoms with E-state index in [-0.39, 0.29) is 18.2 Å². The second-order valence-electron chi connectivity index (χ2n) is 6.89. The highest BCUT2D eigenvalue weighted by atomic mass is 32.2. The van der Waals surface area contributed by atoms with Crippen molar-refractivity contribution in [1.29, 1.82) is 0 Å². The number of rotatable bonds is 7. The highest BCUT2D eigenvalue weighted by Crippen LogP contribution is 2.27. The third-order valence-corrected chi connectivity index (χ3v) is 5.91. The van der Waals surface area contributed by atoms with Crippen LogP contribution in [0.4, 0.5) is 11.4 Å². The molecule has 1 fully saturated rings. The number of aliphatic imine (C=N–C) groups is 1. The summed E-state index contributed by atoms with van der Waals surface area (Å²) < 4.78 is 5.10. The smallest absolute Gasteiger partial charge is 0.240 e. The standard InChI is InChI=1S/C22H25N3O3S/c1-4-14(2)15-5-7-17(8-6-15)24-22-25-21(27)19(29-22)13-20(26)23-16-9-11-18(28-3)12-10-16/h5-12,14,19H,4,13H2,1-3H3,(H,23,26)(H,24,25,27)/t14-,19-/m0/s1. The summed E-state index contributed by atoms with van der Waals surface area (Å²) in [5, 5.41) is 5.59. The number of nitrogens with one attached hydrogen (secondary N) is 2. The van der Waals surface area contributed by atoms with E-state index in [4.69, 9.17) is 4.74 Å². The van der Waals surface area contributed by atoms with Crippen LogP contribution in [-0.4, -0.2) is 29.3 Å². The summed E-state index contributed by atoms with van der Waals surface area (Å²) in [7, 11) is 1.59. The van der Waals surface area contributed by atoms with E-state index >= 15 is 0 Å². The molecule has 0 bridgehead atoms. The monoisotopic (exact) mass is 411 g/mol. The summed E-state index contributed by atoms with van der Waals surface area (Å²) in [6, 6.07) is 15.1. The Morgan fingerprint density at radius 3 is 2.52 bits per heavy atom. The van der Waals surface area contributed by atoms with Crippen LogP contribution in [0.5, 0.6) is 5.75 Å². The predicted molar refractivity (Wildman–Crippen MR) is 118 cm³/mol. The van der Waals surface area contributed by atoms with Crippen molar-refractivity contribution in [3.05, 3.63) is 54.1 Å². The van der Waals surface area contributed by atoms with Crippen molar-refractivity contribution in [3.63, 3.8) is 0 Å².